The molecule has 2 amide bonds. The van der Waals surface area contributed by atoms with Crippen molar-refractivity contribution in [2.75, 3.05) is 11.9 Å². The summed E-state index contributed by atoms with van der Waals surface area (Å²) in [5, 5.41) is 7.97. The van der Waals surface area contributed by atoms with Crippen molar-refractivity contribution in [2.24, 2.45) is 5.92 Å². The molecular formula is C17H23F2N3O2. The SMILES string of the molecule is CC(C)CC(=O)Nc1cccc(CNC(=O)C2CC(F)(F)CN2)c1. The molecule has 1 saturated heterocycles. The molecule has 0 radical (unpaired) electrons. The van der Waals surface area contributed by atoms with Crippen LogP contribution in [0.4, 0.5) is 14.5 Å². The van der Waals surface area contributed by atoms with Gasteiger partial charge in [0.1, 0.15) is 0 Å². The van der Waals surface area contributed by atoms with E-state index in [1.807, 2.05) is 13.8 Å². The van der Waals surface area contributed by atoms with Crippen molar-refractivity contribution in [1.29, 1.82) is 0 Å². The van der Waals surface area contributed by atoms with Crippen molar-refractivity contribution in [2.45, 2.75) is 45.2 Å². The molecule has 0 spiro atoms. The summed E-state index contributed by atoms with van der Waals surface area (Å²) in [6.45, 7) is 3.68. The topological polar surface area (TPSA) is 70.2 Å². The lowest BCUT2D eigenvalue weighted by atomic mass is 10.1. The van der Waals surface area contributed by atoms with E-state index in [2.05, 4.69) is 16.0 Å². The number of carbonyl (C=O) groups excluding carboxylic acids is 2. The predicted octanol–water partition coefficient (Wildman–Crippen LogP) is 2.28. The zero-order valence-corrected chi connectivity index (χ0v) is 13.9. The number of halogens is 2. The average molecular weight is 339 g/mol. The van der Waals surface area contributed by atoms with Gasteiger partial charge >= 0.3 is 0 Å². The van der Waals surface area contributed by atoms with Crippen LogP contribution in [0.3, 0.4) is 0 Å². The average Bonchev–Trinajstić information content (AvgIpc) is 2.84. The minimum Gasteiger partial charge on any atom is -0.351 e. The van der Waals surface area contributed by atoms with Gasteiger partial charge in [0.05, 0.1) is 12.6 Å². The molecule has 1 atom stereocenters. The molecule has 5 nitrogen and oxygen atoms in total. The van der Waals surface area contributed by atoms with Crippen molar-refractivity contribution in [3.8, 4) is 0 Å². The number of anilines is 1. The second kappa shape index (κ2) is 7.70. The standard InChI is InChI=1S/C17H23F2N3O2/c1-11(2)6-15(23)22-13-5-3-4-12(7-13)9-20-16(24)14-8-17(18,19)10-21-14/h3-5,7,11,14,21H,6,8-10H2,1-2H3,(H,20,24)(H,22,23). The van der Waals surface area contributed by atoms with Gasteiger partial charge in [-0.15, -0.1) is 0 Å². The first-order valence-electron chi connectivity index (χ1n) is 8.03. The largest absolute Gasteiger partial charge is 0.351 e. The summed E-state index contributed by atoms with van der Waals surface area (Å²) in [5.74, 6) is -3.07. The number of carbonyl (C=O) groups is 2. The molecule has 24 heavy (non-hydrogen) atoms. The Morgan fingerprint density at radius 3 is 2.75 bits per heavy atom. The molecule has 1 heterocycles. The van der Waals surface area contributed by atoms with Crippen LogP contribution >= 0.6 is 0 Å². The Kier molecular flexibility index (Phi) is 5.88. The zero-order chi connectivity index (χ0) is 17.7. The smallest absolute Gasteiger partial charge is 0.262 e. The summed E-state index contributed by atoms with van der Waals surface area (Å²) < 4.78 is 26.2. The molecule has 1 unspecified atom stereocenters. The third kappa shape index (κ3) is 5.56. The van der Waals surface area contributed by atoms with Crippen LogP contribution in [0, 0.1) is 5.92 Å². The number of benzene rings is 1. The van der Waals surface area contributed by atoms with E-state index in [0.717, 1.165) is 5.56 Å². The van der Waals surface area contributed by atoms with E-state index in [-0.39, 0.29) is 18.4 Å². The van der Waals surface area contributed by atoms with Crippen LogP contribution in [0.15, 0.2) is 24.3 Å². The molecule has 0 bridgehead atoms. The van der Waals surface area contributed by atoms with Gasteiger partial charge < -0.3 is 10.6 Å². The maximum Gasteiger partial charge on any atom is 0.262 e. The quantitative estimate of drug-likeness (QED) is 0.745. The molecule has 1 aromatic rings. The van der Waals surface area contributed by atoms with Crippen molar-refractivity contribution in [3.05, 3.63) is 29.8 Å². The van der Waals surface area contributed by atoms with Crippen molar-refractivity contribution >= 4 is 17.5 Å². The molecule has 1 aromatic carbocycles. The fourth-order valence-corrected chi connectivity index (χ4v) is 2.56. The van der Waals surface area contributed by atoms with Gasteiger partial charge in [-0.25, -0.2) is 8.78 Å². The van der Waals surface area contributed by atoms with E-state index in [1.165, 1.54) is 0 Å². The van der Waals surface area contributed by atoms with Crippen LogP contribution in [0.5, 0.6) is 0 Å². The van der Waals surface area contributed by atoms with Gasteiger partial charge in [0.15, 0.2) is 0 Å². The van der Waals surface area contributed by atoms with E-state index >= 15 is 0 Å². The van der Waals surface area contributed by atoms with Crippen molar-refractivity contribution in [3.63, 3.8) is 0 Å². The predicted molar refractivity (Wildman–Crippen MR) is 87.7 cm³/mol. The van der Waals surface area contributed by atoms with E-state index < -0.39 is 30.8 Å². The van der Waals surface area contributed by atoms with Crippen LogP contribution in [-0.2, 0) is 16.1 Å². The normalized spacial score (nSPS) is 19.3. The highest BCUT2D eigenvalue weighted by Crippen LogP contribution is 2.25. The van der Waals surface area contributed by atoms with Crippen molar-refractivity contribution in [1.82, 2.24) is 10.6 Å². The summed E-state index contributed by atoms with van der Waals surface area (Å²) in [6, 6.07) is 6.23. The summed E-state index contributed by atoms with van der Waals surface area (Å²) >= 11 is 0. The first kappa shape index (κ1) is 18.3. The summed E-state index contributed by atoms with van der Waals surface area (Å²) in [4.78, 5) is 23.7. The lowest BCUT2D eigenvalue weighted by Gasteiger charge is -2.12. The molecule has 7 heteroatoms. The summed E-state index contributed by atoms with van der Waals surface area (Å²) in [6.07, 6.45) is -0.0490. The molecule has 3 N–H and O–H groups in total. The Morgan fingerprint density at radius 1 is 1.38 bits per heavy atom. The van der Waals surface area contributed by atoms with Crippen LogP contribution < -0.4 is 16.0 Å². The molecule has 1 aliphatic rings. The maximum atomic E-state index is 13.1. The van der Waals surface area contributed by atoms with E-state index in [1.54, 1.807) is 24.3 Å². The zero-order valence-electron chi connectivity index (χ0n) is 13.9. The summed E-state index contributed by atoms with van der Waals surface area (Å²) in [7, 11) is 0. The third-order valence-electron chi connectivity index (χ3n) is 3.70. The monoisotopic (exact) mass is 339 g/mol. The number of alkyl halides is 2. The molecule has 0 saturated carbocycles. The molecule has 1 fully saturated rings. The Hall–Kier alpha value is -2.02. The Labute approximate surface area is 140 Å². The molecule has 1 aliphatic heterocycles. The molecule has 132 valence electrons. The second-order valence-corrected chi connectivity index (χ2v) is 6.56. The van der Waals surface area contributed by atoms with E-state index in [4.69, 9.17) is 0 Å². The number of nitrogens with one attached hydrogen (secondary N) is 3. The van der Waals surface area contributed by atoms with Gasteiger partial charge in [0.25, 0.3) is 5.92 Å². The van der Waals surface area contributed by atoms with Gasteiger partial charge in [-0.05, 0) is 23.6 Å². The number of hydrogen-bond acceptors (Lipinski definition) is 3. The highest BCUT2D eigenvalue weighted by molar-refractivity contribution is 5.90. The van der Waals surface area contributed by atoms with Gasteiger partial charge in [-0.2, -0.15) is 0 Å². The van der Waals surface area contributed by atoms with Crippen molar-refractivity contribution < 1.29 is 18.4 Å². The molecule has 0 aromatic heterocycles. The Bertz CT molecular complexity index is 605. The first-order valence-corrected chi connectivity index (χ1v) is 8.03. The molecule has 0 aliphatic carbocycles. The minimum absolute atomic E-state index is 0.0661. The number of hydrogen-bond donors (Lipinski definition) is 3. The van der Waals surface area contributed by atoms with E-state index in [0.29, 0.717) is 12.1 Å². The summed E-state index contributed by atoms with van der Waals surface area (Å²) in [5.41, 5.74) is 1.44. The fourth-order valence-electron chi connectivity index (χ4n) is 2.56. The van der Waals surface area contributed by atoms with E-state index in [9.17, 15) is 18.4 Å². The molecular weight excluding hydrogens is 316 g/mol. The Balaban J connectivity index is 1.86. The van der Waals surface area contributed by atoms with Gasteiger partial charge in [0.2, 0.25) is 11.8 Å². The van der Waals surface area contributed by atoms with Gasteiger partial charge in [-0.1, -0.05) is 26.0 Å². The highest BCUT2D eigenvalue weighted by Gasteiger charge is 2.42. The van der Waals surface area contributed by atoms with Crippen LogP contribution in [0.25, 0.3) is 0 Å². The first-order chi connectivity index (χ1) is 11.2. The maximum absolute atomic E-state index is 13.1. The third-order valence-corrected chi connectivity index (χ3v) is 3.70. The molecule has 2 rings (SSSR count). The van der Waals surface area contributed by atoms with Gasteiger partial charge in [0, 0.05) is 25.1 Å². The van der Waals surface area contributed by atoms with Gasteiger partial charge in [-0.3, -0.25) is 14.9 Å². The fraction of sp³-hybridized carbons (Fsp3) is 0.529. The van der Waals surface area contributed by atoms with Crippen LogP contribution in [0.1, 0.15) is 32.3 Å². The second-order valence-electron chi connectivity index (χ2n) is 6.56. The minimum atomic E-state index is -2.83. The highest BCUT2D eigenvalue weighted by atomic mass is 19.3. The van der Waals surface area contributed by atoms with Crippen LogP contribution in [-0.4, -0.2) is 30.3 Å². The van der Waals surface area contributed by atoms with Crippen LogP contribution in [0.2, 0.25) is 0 Å². The lowest BCUT2D eigenvalue weighted by molar-refractivity contribution is -0.123. The Morgan fingerprint density at radius 2 is 2.12 bits per heavy atom. The number of amides is 2. The lowest BCUT2D eigenvalue weighted by Crippen LogP contribution is -2.40. The number of rotatable bonds is 6.